The van der Waals surface area contributed by atoms with Crippen LogP contribution in [0, 0.1) is 0 Å². The maximum absolute atomic E-state index is 13.2. The standard InChI is InChI=1S/C19H16N4O3S/c1-25-14-10-6-4-8-12(14)16(24)18-20-13-9-5-3-7-11(13)15-17(26-18)21-19(27-2)23-22-15/h3-10,18,20H,1-2H3/t18-/m1/s1. The van der Waals surface area contributed by atoms with Crippen molar-refractivity contribution in [3.63, 3.8) is 0 Å². The van der Waals surface area contributed by atoms with Crippen molar-refractivity contribution in [2.45, 2.75) is 11.4 Å². The van der Waals surface area contributed by atoms with Gasteiger partial charge in [0.2, 0.25) is 23.0 Å². The molecule has 0 unspecified atom stereocenters. The molecule has 0 aliphatic carbocycles. The molecule has 2 aromatic carbocycles. The summed E-state index contributed by atoms with van der Waals surface area (Å²) in [6.07, 6.45) is 0.874. The Morgan fingerprint density at radius 1 is 1.15 bits per heavy atom. The number of nitrogens with one attached hydrogen (secondary N) is 1. The average Bonchev–Trinajstić information content (AvgIpc) is 2.89. The highest BCUT2D eigenvalue weighted by molar-refractivity contribution is 7.98. The summed E-state index contributed by atoms with van der Waals surface area (Å²) in [5.74, 6) is 0.482. The van der Waals surface area contributed by atoms with Crippen LogP contribution in [0.5, 0.6) is 11.6 Å². The zero-order valence-corrected chi connectivity index (χ0v) is 15.5. The highest BCUT2D eigenvalue weighted by Crippen LogP contribution is 2.36. The highest BCUT2D eigenvalue weighted by atomic mass is 32.2. The number of benzene rings is 2. The van der Waals surface area contributed by atoms with Gasteiger partial charge < -0.3 is 14.8 Å². The minimum absolute atomic E-state index is 0.264. The van der Waals surface area contributed by atoms with E-state index in [1.807, 2.05) is 36.6 Å². The number of carbonyl (C=O) groups is 1. The van der Waals surface area contributed by atoms with E-state index in [-0.39, 0.29) is 11.7 Å². The van der Waals surface area contributed by atoms with Crippen molar-refractivity contribution < 1.29 is 14.3 Å². The fourth-order valence-electron chi connectivity index (χ4n) is 2.84. The lowest BCUT2D eigenvalue weighted by Gasteiger charge is -2.18. The number of hydrogen-bond donors (Lipinski definition) is 1. The number of hydrogen-bond acceptors (Lipinski definition) is 8. The van der Waals surface area contributed by atoms with Gasteiger partial charge in [0.15, 0.2) is 5.69 Å². The number of rotatable bonds is 4. The van der Waals surface area contributed by atoms with Crippen LogP contribution in [-0.2, 0) is 0 Å². The number of Topliss-reactive ketones (excluding diaryl/α,β-unsaturated/α-hetero) is 1. The average molecular weight is 380 g/mol. The van der Waals surface area contributed by atoms with Gasteiger partial charge in [0.25, 0.3) is 0 Å². The van der Waals surface area contributed by atoms with Crippen LogP contribution in [0.15, 0.2) is 53.7 Å². The Bertz CT molecular complexity index is 1010. The molecule has 3 aromatic rings. The Morgan fingerprint density at radius 3 is 2.74 bits per heavy atom. The Morgan fingerprint density at radius 2 is 1.93 bits per heavy atom. The molecule has 7 nitrogen and oxygen atoms in total. The summed E-state index contributed by atoms with van der Waals surface area (Å²) < 4.78 is 11.3. The van der Waals surface area contributed by atoms with Crippen LogP contribution < -0.4 is 14.8 Å². The molecule has 1 atom stereocenters. The predicted octanol–water partition coefficient (Wildman–Crippen LogP) is 3.28. The van der Waals surface area contributed by atoms with Crippen LogP contribution in [0.4, 0.5) is 5.69 Å². The van der Waals surface area contributed by atoms with Crippen LogP contribution >= 0.6 is 11.8 Å². The molecule has 0 spiro atoms. The van der Waals surface area contributed by atoms with Gasteiger partial charge in [-0.1, -0.05) is 42.1 Å². The minimum Gasteiger partial charge on any atom is -0.496 e. The Hall–Kier alpha value is -3.13. The van der Waals surface area contributed by atoms with Crippen molar-refractivity contribution in [1.29, 1.82) is 0 Å². The molecule has 1 aliphatic rings. The maximum atomic E-state index is 13.2. The van der Waals surface area contributed by atoms with E-state index in [1.54, 1.807) is 18.2 Å². The first kappa shape index (κ1) is 17.3. The number of para-hydroxylation sites is 2. The summed E-state index contributed by atoms with van der Waals surface area (Å²) in [4.78, 5) is 17.6. The Labute approximate surface area is 160 Å². The fourth-order valence-corrected chi connectivity index (χ4v) is 3.14. The van der Waals surface area contributed by atoms with Gasteiger partial charge in [0.1, 0.15) is 5.75 Å². The molecule has 1 aliphatic heterocycles. The second-order valence-corrected chi connectivity index (χ2v) is 6.48. The van der Waals surface area contributed by atoms with Gasteiger partial charge in [0, 0.05) is 11.3 Å². The maximum Gasteiger partial charge on any atom is 0.247 e. The first-order valence-corrected chi connectivity index (χ1v) is 9.42. The van der Waals surface area contributed by atoms with E-state index in [0.29, 0.717) is 22.2 Å². The zero-order chi connectivity index (χ0) is 18.8. The number of fused-ring (bicyclic) bond motifs is 3. The molecule has 4 rings (SSSR count). The number of ketones is 1. The van der Waals surface area contributed by atoms with Crippen LogP contribution in [0.3, 0.4) is 0 Å². The molecule has 1 N–H and O–H groups in total. The molecule has 0 fully saturated rings. The van der Waals surface area contributed by atoms with Gasteiger partial charge in [-0.05, 0) is 24.5 Å². The van der Waals surface area contributed by atoms with E-state index in [4.69, 9.17) is 9.47 Å². The first-order chi connectivity index (χ1) is 13.2. The molecule has 0 radical (unpaired) electrons. The van der Waals surface area contributed by atoms with Crippen molar-refractivity contribution in [2.24, 2.45) is 0 Å². The third-order valence-electron chi connectivity index (χ3n) is 4.13. The summed E-state index contributed by atoms with van der Waals surface area (Å²) in [6.45, 7) is 0. The van der Waals surface area contributed by atoms with Gasteiger partial charge in [-0.15, -0.1) is 10.2 Å². The van der Waals surface area contributed by atoms with Crippen molar-refractivity contribution in [3.05, 3.63) is 54.1 Å². The van der Waals surface area contributed by atoms with Crippen molar-refractivity contribution >= 4 is 23.2 Å². The molecular weight excluding hydrogens is 364 g/mol. The molecule has 0 saturated heterocycles. The first-order valence-electron chi connectivity index (χ1n) is 8.20. The van der Waals surface area contributed by atoms with Crippen LogP contribution in [0.25, 0.3) is 11.3 Å². The number of carbonyl (C=O) groups excluding carboxylic acids is 1. The van der Waals surface area contributed by atoms with Crippen molar-refractivity contribution in [2.75, 3.05) is 18.7 Å². The van der Waals surface area contributed by atoms with E-state index in [2.05, 4.69) is 20.5 Å². The van der Waals surface area contributed by atoms with E-state index in [1.165, 1.54) is 18.9 Å². The topological polar surface area (TPSA) is 86.2 Å². The third kappa shape index (κ3) is 3.19. The summed E-state index contributed by atoms with van der Waals surface area (Å²) in [5.41, 5.74) is 2.41. The Balaban J connectivity index is 1.81. The summed E-state index contributed by atoms with van der Waals surface area (Å²) >= 11 is 1.35. The largest absolute Gasteiger partial charge is 0.496 e. The monoisotopic (exact) mass is 380 g/mol. The van der Waals surface area contributed by atoms with Gasteiger partial charge in [-0.25, -0.2) is 0 Å². The molecule has 2 heterocycles. The summed E-state index contributed by atoms with van der Waals surface area (Å²) in [7, 11) is 1.53. The number of ether oxygens (including phenoxy) is 2. The molecular formula is C19H16N4O3S. The molecule has 8 heteroatoms. The number of anilines is 1. The van der Waals surface area contributed by atoms with Crippen molar-refractivity contribution in [3.8, 4) is 22.9 Å². The molecule has 136 valence electrons. The second-order valence-electron chi connectivity index (χ2n) is 5.70. The lowest BCUT2D eigenvalue weighted by molar-refractivity contribution is 0.0820. The van der Waals surface area contributed by atoms with E-state index >= 15 is 0 Å². The Kier molecular flexibility index (Phi) is 4.64. The van der Waals surface area contributed by atoms with E-state index in [0.717, 1.165) is 11.3 Å². The normalized spacial score (nSPS) is 14.8. The third-order valence-corrected chi connectivity index (χ3v) is 4.66. The number of methoxy groups -OCH3 is 1. The zero-order valence-electron chi connectivity index (χ0n) is 14.7. The van der Waals surface area contributed by atoms with E-state index in [9.17, 15) is 4.79 Å². The molecule has 0 saturated carbocycles. The predicted molar refractivity (Wildman–Crippen MR) is 102 cm³/mol. The highest BCUT2D eigenvalue weighted by Gasteiger charge is 2.31. The minimum atomic E-state index is -0.977. The summed E-state index contributed by atoms with van der Waals surface area (Å²) in [6, 6.07) is 14.5. The molecule has 27 heavy (non-hydrogen) atoms. The molecule has 1 aromatic heterocycles. The van der Waals surface area contributed by atoms with Crippen LogP contribution in [0.1, 0.15) is 10.4 Å². The smallest absolute Gasteiger partial charge is 0.247 e. The lowest BCUT2D eigenvalue weighted by Crippen LogP contribution is -2.35. The quantitative estimate of drug-likeness (QED) is 0.545. The molecule has 0 amide bonds. The van der Waals surface area contributed by atoms with Gasteiger partial charge >= 0.3 is 0 Å². The summed E-state index contributed by atoms with van der Waals surface area (Å²) in [5, 5.41) is 12.0. The number of nitrogens with zero attached hydrogens (tertiary/aromatic N) is 3. The van der Waals surface area contributed by atoms with Crippen LogP contribution in [-0.4, -0.2) is 40.6 Å². The van der Waals surface area contributed by atoms with Crippen molar-refractivity contribution in [1.82, 2.24) is 15.2 Å². The van der Waals surface area contributed by atoms with Gasteiger partial charge in [-0.2, -0.15) is 4.98 Å². The SMILES string of the molecule is COc1ccccc1C(=O)[C@@H]1Nc2ccccc2-c2nnc(SC)nc2O1. The van der Waals surface area contributed by atoms with Gasteiger partial charge in [0.05, 0.1) is 12.7 Å². The number of aromatic nitrogens is 3. The van der Waals surface area contributed by atoms with Crippen LogP contribution in [0.2, 0.25) is 0 Å². The second kappa shape index (κ2) is 7.24. The lowest BCUT2D eigenvalue weighted by atomic mass is 10.1. The molecule has 0 bridgehead atoms. The fraction of sp³-hybridized carbons (Fsp3) is 0.158. The van der Waals surface area contributed by atoms with Gasteiger partial charge in [-0.3, -0.25) is 4.79 Å². The number of thioether (sulfide) groups is 1. The van der Waals surface area contributed by atoms with E-state index < -0.39 is 6.23 Å².